The Morgan fingerprint density at radius 2 is 2.03 bits per heavy atom. The highest BCUT2D eigenvalue weighted by molar-refractivity contribution is 5.88. The molecule has 3 aromatic heterocycles. The van der Waals surface area contributed by atoms with Crippen LogP contribution in [-0.2, 0) is 13.0 Å². The molecule has 0 unspecified atom stereocenters. The molecule has 0 aromatic carbocycles. The maximum absolute atomic E-state index is 5.84. The Morgan fingerprint density at radius 3 is 2.78 bits per heavy atom. The summed E-state index contributed by atoms with van der Waals surface area (Å²) < 4.78 is 5.84. The van der Waals surface area contributed by atoms with Crippen LogP contribution in [0.15, 0.2) is 24.5 Å². The molecule has 0 bridgehead atoms. The number of nitrogens with one attached hydrogen (secondary N) is 2. The summed E-state index contributed by atoms with van der Waals surface area (Å²) in [6, 6.07) is 4.26. The maximum Gasteiger partial charge on any atom is 0.238 e. The lowest BCUT2D eigenvalue weighted by Gasteiger charge is -2.28. The molecular weight excluding hydrogens is 402 g/mol. The smallest absolute Gasteiger partial charge is 0.238 e. The first kappa shape index (κ1) is 22.2. The van der Waals surface area contributed by atoms with Crippen LogP contribution in [0.5, 0.6) is 5.88 Å². The van der Waals surface area contributed by atoms with Gasteiger partial charge >= 0.3 is 0 Å². The molecule has 4 rings (SSSR count). The van der Waals surface area contributed by atoms with Crippen molar-refractivity contribution in [3.8, 4) is 5.88 Å². The predicted molar refractivity (Wildman–Crippen MR) is 129 cm³/mol. The van der Waals surface area contributed by atoms with Gasteiger partial charge in [-0.25, -0.2) is 19.9 Å². The molecule has 3 aromatic rings. The first-order valence-corrected chi connectivity index (χ1v) is 11.2. The Kier molecular flexibility index (Phi) is 6.15. The number of pyridine rings is 2. The van der Waals surface area contributed by atoms with Crippen molar-refractivity contribution in [1.29, 1.82) is 0 Å². The minimum atomic E-state index is 0.0896. The zero-order chi connectivity index (χ0) is 22.9. The van der Waals surface area contributed by atoms with Crippen molar-refractivity contribution in [3.63, 3.8) is 0 Å². The second-order valence-electron chi connectivity index (χ2n) is 9.52. The van der Waals surface area contributed by atoms with E-state index < -0.39 is 0 Å². The number of hydrogen-bond donors (Lipinski definition) is 2. The van der Waals surface area contributed by atoms with Gasteiger partial charge < -0.3 is 20.3 Å². The maximum atomic E-state index is 5.84. The fourth-order valence-electron chi connectivity index (χ4n) is 3.59. The van der Waals surface area contributed by atoms with E-state index in [0.717, 1.165) is 47.6 Å². The molecule has 0 amide bonds. The minimum absolute atomic E-state index is 0.0896. The van der Waals surface area contributed by atoms with E-state index in [1.54, 1.807) is 6.20 Å². The third-order valence-corrected chi connectivity index (χ3v) is 6.01. The van der Waals surface area contributed by atoms with E-state index in [4.69, 9.17) is 14.7 Å². The molecule has 0 fully saturated rings. The van der Waals surface area contributed by atoms with Crippen molar-refractivity contribution in [2.45, 2.75) is 53.6 Å². The highest BCUT2D eigenvalue weighted by Crippen LogP contribution is 2.31. The van der Waals surface area contributed by atoms with Gasteiger partial charge in [0.1, 0.15) is 11.2 Å². The van der Waals surface area contributed by atoms with Crippen molar-refractivity contribution in [1.82, 2.24) is 24.8 Å². The van der Waals surface area contributed by atoms with Crippen LogP contribution in [0.4, 0.5) is 17.5 Å². The van der Waals surface area contributed by atoms with E-state index in [1.807, 2.05) is 19.2 Å². The lowest BCUT2D eigenvalue weighted by atomic mass is 9.88. The van der Waals surface area contributed by atoms with Crippen LogP contribution in [0.3, 0.4) is 0 Å². The summed E-state index contributed by atoms with van der Waals surface area (Å²) in [5, 5.41) is 7.80. The van der Waals surface area contributed by atoms with E-state index in [0.29, 0.717) is 18.4 Å². The molecule has 0 saturated heterocycles. The van der Waals surface area contributed by atoms with Crippen LogP contribution < -0.4 is 15.4 Å². The Balaban J connectivity index is 1.69. The molecule has 0 saturated carbocycles. The Bertz CT molecular complexity index is 1110. The lowest BCUT2D eigenvalue weighted by molar-refractivity contribution is 0.301. The van der Waals surface area contributed by atoms with E-state index >= 15 is 0 Å². The number of anilines is 3. The quantitative estimate of drug-likeness (QED) is 0.589. The fraction of sp³-hybridized carbons (Fsp3) is 0.500. The van der Waals surface area contributed by atoms with Gasteiger partial charge in [-0.2, -0.15) is 0 Å². The van der Waals surface area contributed by atoms with Crippen molar-refractivity contribution < 1.29 is 4.74 Å². The molecular formula is C24H33N7O. The van der Waals surface area contributed by atoms with Gasteiger partial charge in [-0.1, -0.05) is 20.8 Å². The first-order valence-electron chi connectivity index (χ1n) is 11.2. The lowest BCUT2D eigenvalue weighted by Crippen LogP contribution is -2.31. The molecule has 32 heavy (non-hydrogen) atoms. The monoisotopic (exact) mass is 435 g/mol. The van der Waals surface area contributed by atoms with E-state index in [-0.39, 0.29) is 11.5 Å². The number of likely N-dealkylation sites (N-methyl/N-ethyl adjacent to an activating group) is 1. The van der Waals surface area contributed by atoms with Gasteiger partial charge in [0.05, 0.1) is 12.3 Å². The van der Waals surface area contributed by atoms with Gasteiger partial charge in [0.25, 0.3) is 0 Å². The number of hydrogen-bond acceptors (Lipinski definition) is 8. The summed E-state index contributed by atoms with van der Waals surface area (Å²) in [5.41, 5.74) is 3.95. The van der Waals surface area contributed by atoms with E-state index in [2.05, 4.69) is 66.3 Å². The van der Waals surface area contributed by atoms with Crippen LogP contribution in [0, 0.1) is 5.41 Å². The topological polar surface area (TPSA) is 88.1 Å². The molecule has 1 atom stereocenters. The zero-order valence-corrected chi connectivity index (χ0v) is 19.9. The molecule has 0 spiro atoms. The molecule has 0 aliphatic carbocycles. The highest BCUT2D eigenvalue weighted by Gasteiger charge is 2.22. The highest BCUT2D eigenvalue weighted by atomic mass is 16.5. The average molecular weight is 436 g/mol. The van der Waals surface area contributed by atoms with Crippen LogP contribution in [0.25, 0.3) is 10.9 Å². The van der Waals surface area contributed by atoms with Crippen molar-refractivity contribution in [2.24, 2.45) is 5.41 Å². The summed E-state index contributed by atoms with van der Waals surface area (Å²) >= 11 is 0. The predicted octanol–water partition coefficient (Wildman–Crippen LogP) is 4.40. The van der Waals surface area contributed by atoms with Crippen LogP contribution in [-0.4, -0.2) is 51.1 Å². The van der Waals surface area contributed by atoms with Crippen molar-refractivity contribution >= 4 is 28.4 Å². The van der Waals surface area contributed by atoms with Gasteiger partial charge in [0.2, 0.25) is 11.8 Å². The number of aromatic nitrogens is 4. The summed E-state index contributed by atoms with van der Waals surface area (Å²) in [6.07, 6.45) is 4.53. The second-order valence-corrected chi connectivity index (χ2v) is 9.52. The molecule has 1 aliphatic heterocycles. The fourth-order valence-corrected chi connectivity index (χ4v) is 3.59. The standard InChI is InChI=1S/C24H33N7O/c1-7-32-22-19(12-17-14-31(6)11-9-18(17)28-22)29-23-26-13-16-8-10-25-21(20(16)30-23)27-15(2)24(3,4)5/h8,10,12-13,15H,7,9,11,14H2,1-6H3,(H,25,27)(H,26,29,30)/t15-/m1/s1. The Hall–Kier alpha value is -3.00. The van der Waals surface area contributed by atoms with Crippen LogP contribution in [0.2, 0.25) is 0 Å². The van der Waals surface area contributed by atoms with Crippen molar-refractivity contribution in [2.75, 3.05) is 30.8 Å². The molecule has 8 heteroatoms. The minimum Gasteiger partial charge on any atom is -0.476 e. The van der Waals surface area contributed by atoms with Gasteiger partial charge in [0, 0.05) is 43.3 Å². The number of ether oxygens (including phenoxy) is 1. The normalized spacial score (nSPS) is 15.3. The van der Waals surface area contributed by atoms with Crippen LogP contribution in [0.1, 0.15) is 45.9 Å². The molecule has 0 radical (unpaired) electrons. The summed E-state index contributed by atoms with van der Waals surface area (Å²) in [7, 11) is 2.12. The number of rotatable bonds is 6. The third-order valence-electron chi connectivity index (χ3n) is 6.01. The molecule has 8 nitrogen and oxygen atoms in total. The SMILES string of the molecule is CCOc1nc2c(cc1Nc1ncc3ccnc(N[C@H](C)C(C)(C)C)c3n1)CN(C)CC2. The average Bonchev–Trinajstić information content (AvgIpc) is 2.74. The summed E-state index contributed by atoms with van der Waals surface area (Å²) in [4.78, 5) is 21.0. The van der Waals surface area contributed by atoms with Crippen molar-refractivity contribution in [3.05, 3.63) is 35.8 Å². The second kappa shape index (κ2) is 8.86. The van der Waals surface area contributed by atoms with Crippen LogP contribution >= 0.6 is 0 Å². The van der Waals surface area contributed by atoms with Gasteiger partial charge in [0.15, 0.2) is 5.82 Å². The van der Waals surface area contributed by atoms with Gasteiger partial charge in [-0.05, 0) is 44.0 Å². The zero-order valence-electron chi connectivity index (χ0n) is 19.9. The summed E-state index contributed by atoms with van der Waals surface area (Å²) in [6.45, 7) is 13.1. The van der Waals surface area contributed by atoms with E-state index in [9.17, 15) is 0 Å². The van der Waals surface area contributed by atoms with Gasteiger partial charge in [-0.15, -0.1) is 0 Å². The number of fused-ring (bicyclic) bond motifs is 2. The molecule has 170 valence electrons. The molecule has 1 aliphatic rings. The largest absolute Gasteiger partial charge is 0.476 e. The van der Waals surface area contributed by atoms with E-state index in [1.165, 1.54) is 5.56 Å². The first-order chi connectivity index (χ1) is 15.2. The number of nitrogens with zero attached hydrogens (tertiary/aromatic N) is 5. The molecule has 2 N–H and O–H groups in total. The Labute approximate surface area is 189 Å². The Morgan fingerprint density at radius 1 is 1.22 bits per heavy atom. The third kappa shape index (κ3) is 4.75. The van der Waals surface area contributed by atoms with Gasteiger partial charge in [-0.3, -0.25) is 0 Å². The summed E-state index contributed by atoms with van der Waals surface area (Å²) in [5.74, 6) is 1.83. The molecule has 4 heterocycles.